The molecule has 5 heteroatoms. The maximum atomic E-state index is 11.3. The van der Waals surface area contributed by atoms with Gasteiger partial charge in [0.2, 0.25) is 0 Å². The van der Waals surface area contributed by atoms with E-state index in [-0.39, 0.29) is 17.7 Å². The third-order valence-electron chi connectivity index (χ3n) is 2.33. The van der Waals surface area contributed by atoms with Gasteiger partial charge in [-0.15, -0.1) is 0 Å². The average molecular weight is 249 g/mol. The summed E-state index contributed by atoms with van der Waals surface area (Å²) in [5, 5.41) is 0. The van der Waals surface area contributed by atoms with Crippen LogP contribution in [0.1, 0.15) is 20.3 Å². The van der Waals surface area contributed by atoms with Gasteiger partial charge in [0.25, 0.3) is 0 Å². The Balaban J connectivity index is 3.66. The van der Waals surface area contributed by atoms with E-state index >= 15 is 0 Å². The largest absolute Gasteiger partial charge is 0.383 e. The fourth-order valence-corrected chi connectivity index (χ4v) is 1.27. The lowest BCUT2D eigenvalue weighted by Gasteiger charge is -2.22. The van der Waals surface area contributed by atoms with Crippen molar-refractivity contribution in [1.82, 2.24) is 4.31 Å². The van der Waals surface area contributed by atoms with Crippen molar-refractivity contribution in [1.29, 1.82) is 0 Å². The molecule has 1 unspecified atom stereocenters. The van der Waals surface area contributed by atoms with Gasteiger partial charge >= 0.3 is 0 Å². The number of carbonyl (C=O) groups excluding carboxylic acids is 1. The molecule has 16 heavy (non-hydrogen) atoms. The smallest absolute Gasteiger partial charge is 0.137 e. The lowest BCUT2D eigenvalue weighted by Crippen LogP contribution is -2.33. The molecule has 4 nitrogen and oxygen atoms in total. The van der Waals surface area contributed by atoms with E-state index < -0.39 is 0 Å². The molecule has 0 amide bonds. The number of ketones is 1. The Labute approximate surface area is 104 Å². The molecule has 1 atom stereocenters. The number of thiol groups is 1. The van der Waals surface area contributed by atoms with Crippen LogP contribution in [0.25, 0.3) is 0 Å². The first-order chi connectivity index (χ1) is 7.49. The second-order valence-electron chi connectivity index (χ2n) is 4.13. The van der Waals surface area contributed by atoms with Crippen LogP contribution in [0, 0.1) is 5.92 Å². The Bertz CT molecular complexity index is 198. The summed E-state index contributed by atoms with van der Waals surface area (Å²) in [5.41, 5.74) is 0. The number of carbonyl (C=O) groups is 1. The fourth-order valence-electron chi connectivity index (χ4n) is 1.14. The maximum Gasteiger partial charge on any atom is 0.137 e. The molecule has 0 aliphatic rings. The van der Waals surface area contributed by atoms with Gasteiger partial charge in [0.05, 0.1) is 25.9 Å². The van der Waals surface area contributed by atoms with Gasteiger partial charge in [-0.1, -0.05) is 26.7 Å². The predicted octanol–water partition coefficient (Wildman–Crippen LogP) is 1.41. The third kappa shape index (κ3) is 7.22. The van der Waals surface area contributed by atoms with Crippen molar-refractivity contribution in [2.24, 2.45) is 5.92 Å². The lowest BCUT2D eigenvalue weighted by atomic mass is 10.1. The Hall–Kier alpha value is -0.100. The Morgan fingerprint density at radius 3 is 2.44 bits per heavy atom. The highest BCUT2D eigenvalue weighted by Crippen LogP contribution is 2.03. The lowest BCUT2D eigenvalue weighted by molar-refractivity contribution is -0.123. The molecule has 0 radical (unpaired) electrons. The van der Waals surface area contributed by atoms with Crippen molar-refractivity contribution in [3.8, 4) is 0 Å². The second-order valence-corrected chi connectivity index (χ2v) is 4.76. The molecule has 0 heterocycles. The van der Waals surface area contributed by atoms with Crippen molar-refractivity contribution in [3.63, 3.8) is 0 Å². The second kappa shape index (κ2) is 8.98. The highest BCUT2D eigenvalue weighted by molar-refractivity contribution is 7.77. The Morgan fingerprint density at radius 1 is 1.38 bits per heavy atom. The van der Waals surface area contributed by atoms with Gasteiger partial charge < -0.3 is 9.47 Å². The highest BCUT2D eigenvalue weighted by atomic mass is 32.1. The average Bonchev–Trinajstić information content (AvgIpc) is 2.21. The summed E-state index contributed by atoms with van der Waals surface area (Å²) in [6, 6.07) is 0.113. The first-order valence-electron chi connectivity index (χ1n) is 5.50. The molecule has 0 aromatic rings. The van der Waals surface area contributed by atoms with Crippen LogP contribution in [0.2, 0.25) is 0 Å². The van der Waals surface area contributed by atoms with E-state index in [1.807, 2.05) is 20.9 Å². The van der Waals surface area contributed by atoms with E-state index in [0.29, 0.717) is 26.2 Å². The van der Waals surface area contributed by atoms with Gasteiger partial charge in [0, 0.05) is 19.4 Å². The van der Waals surface area contributed by atoms with Crippen LogP contribution in [0.4, 0.5) is 0 Å². The van der Waals surface area contributed by atoms with E-state index in [1.165, 1.54) is 0 Å². The summed E-state index contributed by atoms with van der Waals surface area (Å²) in [7, 11) is 3.50. The number of likely N-dealkylation sites (N-methyl/N-ethyl adjacent to an activating group) is 1. The number of ether oxygens (including phenoxy) is 2. The van der Waals surface area contributed by atoms with Crippen molar-refractivity contribution in [2.75, 3.05) is 34.0 Å². The Kier molecular flexibility index (Phi) is 8.93. The minimum absolute atomic E-state index is 0.0888. The van der Waals surface area contributed by atoms with Gasteiger partial charge in [-0.25, -0.2) is 4.31 Å². The van der Waals surface area contributed by atoms with E-state index in [4.69, 9.17) is 9.47 Å². The van der Waals surface area contributed by atoms with Crippen molar-refractivity contribution >= 4 is 18.6 Å². The van der Waals surface area contributed by atoms with Crippen molar-refractivity contribution in [2.45, 2.75) is 26.3 Å². The van der Waals surface area contributed by atoms with Gasteiger partial charge in [-0.05, 0) is 7.05 Å². The van der Waals surface area contributed by atoms with E-state index in [0.717, 1.165) is 0 Å². The number of Topliss-reactive ketones (excluding diaryl/α,β-unsaturated/α-hetero) is 1. The summed E-state index contributed by atoms with van der Waals surface area (Å²) in [5.74, 6) is 0.327. The van der Waals surface area contributed by atoms with Crippen LogP contribution in [-0.4, -0.2) is 50.1 Å². The number of nitrogens with zero attached hydrogens (tertiary/aromatic N) is 1. The molecule has 0 aromatic carbocycles. The molecule has 0 rings (SSSR count). The van der Waals surface area contributed by atoms with E-state index in [1.54, 1.807) is 11.4 Å². The van der Waals surface area contributed by atoms with Crippen LogP contribution in [0.5, 0.6) is 0 Å². The van der Waals surface area contributed by atoms with Crippen LogP contribution >= 0.6 is 12.8 Å². The SMILES string of the molecule is COCC(COCCC(=O)C(C)C)N(C)S. The van der Waals surface area contributed by atoms with Crippen LogP contribution in [-0.2, 0) is 14.3 Å². The van der Waals surface area contributed by atoms with E-state index in [2.05, 4.69) is 12.8 Å². The molecule has 0 aromatic heterocycles. The summed E-state index contributed by atoms with van der Waals surface area (Å²) in [6.45, 7) is 5.37. The zero-order valence-electron chi connectivity index (χ0n) is 10.6. The van der Waals surface area contributed by atoms with Gasteiger partial charge in [0.15, 0.2) is 0 Å². The molecule has 0 bridgehead atoms. The molecule has 0 N–H and O–H groups in total. The van der Waals surface area contributed by atoms with E-state index in [9.17, 15) is 4.79 Å². The quantitative estimate of drug-likeness (QED) is 0.495. The molecule has 96 valence electrons. The molecule has 0 saturated carbocycles. The molecule has 0 aliphatic carbocycles. The topological polar surface area (TPSA) is 38.8 Å². The molecular weight excluding hydrogens is 226 g/mol. The minimum Gasteiger partial charge on any atom is -0.383 e. The molecule has 0 saturated heterocycles. The maximum absolute atomic E-state index is 11.3. The number of rotatable bonds is 9. The van der Waals surface area contributed by atoms with Gasteiger partial charge in [0.1, 0.15) is 5.78 Å². The first kappa shape index (κ1) is 15.9. The fraction of sp³-hybridized carbons (Fsp3) is 0.909. The molecular formula is C11H23NO3S. The van der Waals surface area contributed by atoms with Crippen LogP contribution in [0.15, 0.2) is 0 Å². The van der Waals surface area contributed by atoms with Crippen LogP contribution in [0.3, 0.4) is 0 Å². The number of methoxy groups -OCH3 is 1. The first-order valence-corrected chi connectivity index (χ1v) is 5.90. The molecule has 0 fully saturated rings. The van der Waals surface area contributed by atoms with Gasteiger partial charge in [-0.3, -0.25) is 4.79 Å². The highest BCUT2D eigenvalue weighted by Gasteiger charge is 2.12. The third-order valence-corrected chi connectivity index (χ3v) is 2.66. The standard InChI is InChI=1S/C11H23NO3S/c1-9(2)11(13)5-6-15-8-10(7-14-4)12(3)16/h9-10,16H,5-8H2,1-4H3. The van der Waals surface area contributed by atoms with Crippen molar-refractivity contribution in [3.05, 3.63) is 0 Å². The van der Waals surface area contributed by atoms with Crippen LogP contribution < -0.4 is 0 Å². The normalized spacial score (nSPS) is 13.4. The molecule has 0 aliphatic heterocycles. The summed E-state index contributed by atoms with van der Waals surface area (Å²) < 4.78 is 12.2. The number of hydrogen-bond acceptors (Lipinski definition) is 5. The minimum atomic E-state index is 0.0888. The zero-order valence-corrected chi connectivity index (χ0v) is 11.5. The van der Waals surface area contributed by atoms with Gasteiger partial charge in [-0.2, -0.15) is 0 Å². The zero-order chi connectivity index (χ0) is 12.6. The predicted molar refractivity (Wildman–Crippen MR) is 67.7 cm³/mol. The molecule has 0 spiro atoms. The van der Waals surface area contributed by atoms with Crippen molar-refractivity contribution < 1.29 is 14.3 Å². The number of hydrogen-bond donors (Lipinski definition) is 1. The summed E-state index contributed by atoms with van der Waals surface area (Å²) in [6.07, 6.45) is 0.480. The summed E-state index contributed by atoms with van der Waals surface area (Å²) >= 11 is 4.21. The summed E-state index contributed by atoms with van der Waals surface area (Å²) in [4.78, 5) is 11.3. The Morgan fingerprint density at radius 2 is 2.00 bits per heavy atom. The monoisotopic (exact) mass is 249 g/mol.